The van der Waals surface area contributed by atoms with E-state index in [0.717, 1.165) is 0 Å². The predicted molar refractivity (Wildman–Crippen MR) is 101 cm³/mol. The highest BCUT2D eigenvalue weighted by Gasteiger charge is 2.19. The Morgan fingerprint density at radius 1 is 1.18 bits per heavy atom. The molecule has 0 bridgehead atoms. The van der Waals surface area contributed by atoms with Gasteiger partial charge in [0.1, 0.15) is 17.4 Å². The van der Waals surface area contributed by atoms with Gasteiger partial charge in [-0.3, -0.25) is 14.9 Å². The summed E-state index contributed by atoms with van der Waals surface area (Å²) in [5.74, 6) is -0.375. The van der Waals surface area contributed by atoms with Gasteiger partial charge in [-0.05, 0) is 42.0 Å². The maximum atomic E-state index is 12.2. The number of hydrogen-bond acceptors (Lipinski definition) is 6. The maximum Gasteiger partial charge on any atom is 0.312 e. The molecule has 3 rings (SSSR count). The van der Waals surface area contributed by atoms with Crippen molar-refractivity contribution in [2.75, 3.05) is 0 Å². The molecule has 8 heteroatoms. The molecule has 138 valence electrons. The molecule has 0 fully saturated rings. The zero-order valence-corrected chi connectivity index (χ0v) is 14.9. The fraction of sp³-hybridized carbons (Fsp3) is 0. The number of allylic oxidation sites excluding steroid dienone is 1. The Kier molecular flexibility index (Phi) is 5.53. The molecule has 28 heavy (non-hydrogen) atoms. The highest BCUT2D eigenvalue weighted by atomic mass is 35.5. The van der Waals surface area contributed by atoms with Gasteiger partial charge < -0.3 is 9.15 Å². The van der Waals surface area contributed by atoms with Gasteiger partial charge in [0, 0.05) is 6.07 Å². The van der Waals surface area contributed by atoms with E-state index in [0.29, 0.717) is 5.02 Å². The van der Waals surface area contributed by atoms with E-state index in [1.54, 1.807) is 30.3 Å². The number of para-hydroxylation sites is 1. The minimum atomic E-state index is -0.621. The van der Waals surface area contributed by atoms with Crippen LogP contribution in [-0.2, 0) is 0 Å². The molecule has 0 spiro atoms. The van der Waals surface area contributed by atoms with Crippen LogP contribution in [0, 0.1) is 21.4 Å². The second kappa shape index (κ2) is 8.20. The quantitative estimate of drug-likeness (QED) is 0.181. The molecule has 0 aliphatic heterocycles. The topological polar surface area (TPSA) is 106 Å². The Labute approximate surface area is 164 Å². The van der Waals surface area contributed by atoms with Gasteiger partial charge in [0.15, 0.2) is 5.76 Å². The van der Waals surface area contributed by atoms with E-state index in [2.05, 4.69) is 0 Å². The van der Waals surface area contributed by atoms with E-state index in [-0.39, 0.29) is 34.1 Å². The number of benzene rings is 2. The van der Waals surface area contributed by atoms with Gasteiger partial charge in [-0.15, -0.1) is 0 Å². The summed E-state index contributed by atoms with van der Waals surface area (Å²) < 4.78 is 10.5. The van der Waals surface area contributed by atoms with E-state index < -0.39 is 10.7 Å². The minimum Gasteiger partial charge on any atom is -0.461 e. The number of furan rings is 1. The molecule has 0 saturated carbocycles. The van der Waals surface area contributed by atoms with E-state index >= 15 is 0 Å². The Morgan fingerprint density at radius 2 is 1.96 bits per heavy atom. The molecule has 1 aromatic heterocycles. The number of ether oxygens (including phenoxy) is 1. The van der Waals surface area contributed by atoms with Crippen LogP contribution in [0.15, 0.2) is 70.9 Å². The molecule has 0 saturated heterocycles. The fourth-order valence-corrected chi connectivity index (χ4v) is 2.53. The lowest BCUT2D eigenvalue weighted by Gasteiger charge is -2.08. The average molecular weight is 395 g/mol. The summed E-state index contributed by atoms with van der Waals surface area (Å²) in [7, 11) is 0. The molecule has 0 atom stereocenters. The van der Waals surface area contributed by atoms with Gasteiger partial charge in [-0.25, -0.2) is 0 Å². The zero-order valence-electron chi connectivity index (χ0n) is 14.2. The third kappa shape index (κ3) is 4.09. The second-order valence-electron chi connectivity index (χ2n) is 5.49. The number of nitrogens with zero attached hydrogens (tertiary/aromatic N) is 2. The van der Waals surface area contributed by atoms with Gasteiger partial charge >= 0.3 is 5.69 Å². The number of carbonyl (C=O) groups is 1. The van der Waals surface area contributed by atoms with E-state index in [9.17, 15) is 20.2 Å². The molecular weight excluding hydrogens is 384 g/mol. The van der Waals surface area contributed by atoms with Gasteiger partial charge in [0.25, 0.3) is 0 Å². The highest BCUT2D eigenvalue weighted by molar-refractivity contribution is 6.32. The summed E-state index contributed by atoms with van der Waals surface area (Å²) in [5.41, 5.74) is -0.268. The number of rotatable bonds is 6. The summed E-state index contributed by atoms with van der Waals surface area (Å²) >= 11 is 6.02. The van der Waals surface area contributed by atoms with Gasteiger partial charge in [-0.1, -0.05) is 29.8 Å². The number of nitro benzene ring substituents is 1. The van der Waals surface area contributed by atoms with Crippen LogP contribution in [-0.4, -0.2) is 10.7 Å². The summed E-state index contributed by atoms with van der Waals surface area (Å²) in [5, 5.41) is 21.0. The highest BCUT2D eigenvalue weighted by Crippen LogP contribution is 2.35. The summed E-state index contributed by atoms with van der Waals surface area (Å²) in [6.07, 6.45) is 2.56. The minimum absolute atomic E-state index is 0.000901. The molecule has 2 aromatic carbocycles. The maximum absolute atomic E-state index is 12.2. The number of ketones is 1. The van der Waals surface area contributed by atoms with Crippen molar-refractivity contribution in [3.63, 3.8) is 0 Å². The van der Waals surface area contributed by atoms with Crippen molar-refractivity contribution in [1.82, 2.24) is 0 Å². The molecule has 1 heterocycles. The van der Waals surface area contributed by atoms with Gasteiger partial charge in [-0.2, -0.15) is 5.26 Å². The Balaban J connectivity index is 1.96. The normalized spacial score (nSPS) is 10.9. The standard InChI is InChI=1S/C20H11ClN2O5/c21-15-4-1-2-5-17(15)28-18-8-7-13(11-16(18)23(25)26)10-14(12-22)20(24)19-6-3-9-27-19/h1-11H/b14-10+. The number of nitriles is 1. The first-order valence-corrected chi connectivity index (χ1v) is 8.28. The van der Waals surface area contributed by atoms with Crippen LogP contribution in [0.2, 0.25) is 5.02 Å². The lowest BCUT2D eigenvalue weighted by molar-refractivity contribution is -0.385. The molecule has 3 aromatic rings. The van der Waals surface area contributed by atoms with Crippen LogP contribution >= 0.6 is 11.6 Å². The lowest BCUT2D eigenvalue weighted by Crippen LogP contribution is -2.00. The monoisotopic (exact) mass is 394 g/mol. The van der Waals surface area contributed by atoms with Crippen LogP contribution in [0.25, 0.3) is 6.08 Å². The lowest BCUT2D eigenvalue weighted by atomic mass is 10.1. The largest absolute Gasteiger partial charge is 0.461 e. The van der Waals surface area contributed by atoms with Crippen molar-refractivity contribution in [2.24, 2.45) is 0 Å². The molecule has 0 N–H and O–H groups in total. The Bertz CT molecular complexity index is 1110. The first kappa shape index (κ1) is 18.9. The van der Waals surface area contributed by atoms with Crippen molar-refractivity contribution in [2.45, 2.75) is 0 Å². The van der Waals surface area contributed by atoms with Gasteiger partial charge in [0.05, 0.1) is 16.2 Å². The van der Waals surface area contributed by atoms with E-state index in [4.69, 9.17) is 20.8 Å². The van der Waals surface area contributed by atoms with Crippen molar-refractivity contribution < 1.29 is 18.9 Å². The summed E-state index contributed by atoms with van der Waals surface area (Å²) in [6, 6.07) is 15.4. The van der Waals surface area contributed by atoms with Crippen molar-refractivity contribution >= 4 is 29.1 Å². The first-order chi connectivity index (χ1) is 13.5. The number of halogens is 1. The van der Waals surface area contributed by atoms with Crippen LogP contribution in [0.4, 0.5) is 5.69 Å². The summed E-state index contributed by atoms with van der Waals surface area (Å²) in [4.78, 5) is 23.1. The van der Waals surface area contributed by atoms with Crippen molar-refractivity contribution in [1.29, 1.82) is 5.26 Å². The fourth-order valence-electron chi connectivity index (χ4n) is 2.35. The first-order valence-electron chi connectivity index (χ1n) is 7.90. The second-order valence-corrected chi connectivity index (χ2v) is 5.90. The van der Waals surface area contributed by atoms with Crippen molar-refractivity contribution in [3.05, 3.63) is 92.9 Å². The predicted octanol–water partition coefficient (Wildman–Crippen LogP) is 5.42. The Hall–Kier alpha value is -3.89. The van der Waals surface area contributed by atoms with Crippen LogP contribution in [0.5, 0.6) is 11.5 Å². The van der Waals surface area contributed by atoms with Crippen molar-refractivity contribution in [3.8, 4) is 17.6 Å². The average Bonchev–Trinajstić information content (AvgIpc) is 3.23. The number of carbonyl (C=O) groups excluding carboxylic acids is 1. The molecule has 0 aliphatic rings. The number of hydrogen-bond donors (Lipinski definition) is 0. The smallest absolute Gasteiger partial charge is 0.312 e. The molecule has 0 aliphatic carbocycles. The molecular formula is C20H11ClN2O5. The van der Waals surface area contributed by atoms with Crippen LogP contribution in [0.1, 0.15) is 16.1 Å². The summed E-state index contributed by atoms with van der Waals surface area (Å²) in [6.45, 7) is 0. The number of Topliss-reactive ketones (excluding diaryl/α,β-unsaturated/α-hetero) is 1. The molecule has 0 amide bonds. The van der Waals surface area contributed by atoms with Crippen LogP contribution in [0.3, 0.4) is 0 Å². The third-order valence-electron chi connectivity index (χ3n) is 3.66. The van der Waals surface area contributed by atoms with E-state index in [1.807, 2.05) is 0 Å². The molecule has 0 unspecified atom stereocenters. The zero-order chi connectivity index (χ0) is 20.1. The molecule has 0 radical (unpaired) electrons. The SMILES string of the molecule is N#C/C(=C\c1ccc(Oc2ccccc2Cl)c([N+](=O)[O-])c1)C(=O)c1ccco1. The van der Waals surface area contributed by atoms with Gasteiger partial charge in [0.2, 0.25) is 11.5 Å². The number of nitro groups is 1. The van der Waals surface area contributed by atoms with E-state index in [1.165, 1.54) is 42.7 Å². The third-order valence-corrected chi connectivity index (χ3v) is 3.97. The molecule has 7 nitrogen and oxygen atoms in total. The Morgan fingerprint density at radius 3 is 2.61 bits per heavy atom. The van der Waals surface area contributed by atoms with Crippen LogP contribution < -0.4 is 4.74 Å².